The fourth-order valence-corrected chi connectivity index (χ4v) is 1.21. The Morgan fingerprint density at radius 3 is 2.40 bits per heavy atom. The van der Waals surface area contributed by atoms with E-state index < -0.39 is 0 Å². The van der Waals surface area contributed by atoms with Gasteiger partial charge in [0.1, 0.15) is 0 Å². The zero-order valence-electron chi connectivity index (χ0n) is 9.31. The van der Waals surface area contributed by atoms with E-state index in [9.17, 15) is 9.59 Å². The van der Waals surface area contributed by atoms with Crippen molar-refractivity contribution in [2.75, 3.05) is 12.4 Å². The van der Waals surface area contributed by atoms with Gasteiger partial charge in [0.25, 0.3) is 0 Å². The van der Waals surface area contributed by atoms with Crippen LogP contribution < -0.4 is 10.6 Å². The molecule has 0 aliphatic rings. The summed E-state index contributed by atoms with van der Waals surface area (Å²) in [5, 5.41) is 5.24. The molecule has 2 N–H and O–H groups in total. The molecule has 4 nitrogen and oxygen atoms in total. The summed E-state index contributed by atoms with van der Waals surface area (Å²) in [7, 11) is 0. The van der Waals surface area contributed by atoms with E-state index in [0.29, 0.717) is 12.3 Å². The third-order valence-electron chi connectivity index (χ3n) is 1.68. The number of alkyl halides is 1. The molecular formula is C10H19ClN2O2. The minimum absolute atomic E-state index is 0.0535. The topological polar surface area (TPSA) is 58.2 Å². The Kier molecular flexibility index (Phi) is 8.09. The van der Waals surface area contributed by atoms with Gasteiger partial charge in [0, 0.05) is 18.3 Å². The Morgan fingerprint density at radius 1 is 1.20 bits per heavy atom. The third-order valence-corrected chi connectivity index (χ3v) is 1.95. The van der Waals surface area contributed by atoms with E-state index in [4.69, 9.17) is 11.6 Å². The summed E-state index contributed by atoms with van der Waals surface area (Å²) in [4.78, 5) is 22.3. The molecule has 2 amide bonds. The molecule has 0 aliphatic carbocycles. The number of unbranched alkanes of at least 4 members (excludes halogenated alkanes) is 1. The van der Waals surface area contributed by atoms with Gasteiger partial charge >= 0.3 is 0 Å². The molecule has 0 heterocycles. The normalized spacial score (nSPS) is 10.1. The second-order valence-corrected chi connectivity index (χ2v) is 4.02. The Bertz CT molecular complexity index is 208. The minimum Gasteiger partial charge on any atom is -0.352 e. The first kappa shape index (κ1) is 14.2. The van der Waals surface area contributed by atoms with Gasteiger partial charge in [-0.05, 0) is 26.7 Å². The molecule has 0 aromatic heterocycles. The van der Waals surface area contributed by atoms with Crippen LogP contribution in [0.4, 0.5) is 0 Å². The second-order valence-electron chi connectivity index (χ2n) is 3.65. The molecule has 0 aromatic rings. The summed E-state index contributed by atoms with van der Waals surface area (Å²) in [6.45, 7) is 3.80. The molecule has 0 radical (unpaired) electrons. The van der Waals surface area contributed by atoms with Crippen LogP contribution in [0.25, 0.3) is 0 Å². The number of hydrogen-bond donors (Lipinski definition) is 2. The van der Waals surface area contributed by atoms with E-state index in [1.165, 1.54) is 0 Å². The summed E-state index contributed by atoms with van der Waals surface area (Å²) in [6.07, 6.45) is 2.02. The predicted octanol–water partition coefficient (Wildman–Crippen LogP) is 1.04. The maximum absolute atomic E-state index is 11.2. The van der Waals surface area contributed by atoms with E-state index in [1.807, 2.05) is 13.8 Å². The van der Waals surface area contributed by atoms with Crippen LogP contribution >= 0.6 is 11.6 Å². The Hall–Kier alpha value is -0.770. The Balaban J connectivity index is 3.49. The average molecular weight is 235 g/mol. The first-order valence-corrected chi connectivity index (χ1v) is 5.71. The molecule has 88 valence electrons. The number of carbonyl (C=O) groups excluding carboxylic acids is 2. The molecule has 0 bridgehead atoms. The Labute approximate surface area is 95.7 Å². The summed E-state index contributed by atoms with van der Waals surface area (Å²) in [6, 6.07) is 0.102. The SMILES string of the molecule is CC(C)NC(=O)CNC(=O)CCCCCl. The van der Waals surface area contributed by atoms with E-state index >= 15 is 0 Å². The van der Waals surface area contributed by atoms with Gasteiger partial charge in [-0.3, -0.25) is 9.59 Å². The van der Waals surface area contributed by atoms with Crippen molar-refractivity contribution in [1.82, 2.24) is 10.6 Å². The second kappa shape index (κ2) is 8.53. The molecule has 0 rings (SSSR count). The number of amides is 2. The number of nitrogens with one attached hydrogen (secondary N) is 2. The van der Waals surface area contributed by atoms with E-state index in [-0.39, 0.29) is 24.4 Å². The number of halogens is 1. The van der Waals surface area contributed by atoms with Crippen LogP contribution in [0, 0.1) is 0 Å². The molecule has 0 saturated carbocycles. The van der Waals surface area contributed by atoms with Gasteiger partial charge in [-0.25, -0.2) is 0 Å². The lowest BCUT2D eigenvalue weighted by atomic mass is 10.2. The van der Waals surface area contributed by atoms with Crippen LogP contribution in [0.3, 0.4) is 0 Å². The van der Waals surface area contributed by atoms with Gasteiger partial charge < -0.3 is 10.6 Å². The van der Waals surface area contributed by atoms with Crippen LogP contribution in [0.1, 0.15) is 33.1 Å². The summed E-state index contributed by atoms with van der Waals surface area (Å²) < 4.78 is 0. The van der Waals surface area contributed by atoms with E-state index in [1.54, 1.807) is 0 Å². The van der Waals surface area contributed by atoms with Crippen LogP contribution in [0.15, 0.2) is 0 Å². The summed E-state index contributed by atoms with van der Waals surface area (Å²) in [5.41, 5.74) is 0. The maximum atomic E-state index is 11.2. The highest BCUT2D eigenvalue weighted by atomic mass is 35.5. The van der Waals surface area contributed by atoms with E-state index in [2.05, 4.69) is 10.6 Å². The van der Waals surface area contributed by atoms with Crippen molar-refractivity contribution in [3.8, 4) is 0 Å². The lowest BCUT2D eigenvalue weighted by Crippen LogP contribution is -2.39. The minimum atomic E-state index is -0.157. The molecule has 0 unspecified atom stereocenters. The van der Waals surface area contributed by atoms with Gasteiger partial charge in [-0.15, -0.1) is 11.6 Å². The third kappa shape index (κ3) is 9.53. The first-order valence-electron chi connectivity index (χ1n) is 5.18. The molecule has 0 spiro atoms. The summed E-state index contributed by atoms with van der Waals surface area (Å²) >= 11 is 5.47. The van der Waals surface area contributed by atoms with Gasteiger partial charge in [0.2, 0.25) is 11.8 Å². The fourth-order valence-electron chi connectivity index (χ4n) is 1.02. The summed E-state index contributed by atoms with van der Waals surface area (Å²) in [5.74, 6) is 0.316. The number of rotatable bonds is 7. The van der Waals surface area contributed by atoms with Crippen molar-refractivity contribution in [2.24, 2.45) is 0 Å². The van der Waals surface area contributed by atoms with Crippen LogP contribution in [-0.4, -0.2) is 30.3 Å². The molecule has 0 saturated heterocycles. The van der Waals surface area contributed by atoms with Crippen molar-refractivity contribution in [3.63, 3.8) is 0 Å². The van der Waals surface area contributed by atoms with Crippen molar-refractivity contribution in [1.29, 1.82) is 0 Å². The van der Waals surface area contributed by atoms with Crippen LogP contribution in [-0.2, 0) is 9.59 Å². The van der Waals surface area contributed by atoms with Gasteiger partial charge in [-0.2, -0.15) is 0 Å². The highest BCUT2D eigenvalue weighted by molar-refractivity contribution is 6.17. The van der Waals surface area contributed by atoms with Gasteiger partial charge in [0.15, 0.2) is 0 Å². The van der Waals surface area contributed by atoms with Gasteiger partial charge in [-0.1, -0.05) is 0 Å². The quantitative estimate of drug-likeness (QED) is 0.511. The number of hydrogen-bond acceptors (Lipinski definition) is 2. The monoisotopic (exact) mass is 234 g/mol. The van der Waals surface area contributed by atoms with Crippen molar-refractivity contribution >= 4 is 23.4 Å². The lowest BCUT2D eigenvalue weighted by molar-refractivity contribution is -0.126. The zero-order chi connectivity index (χ0) is 11.7. The standard InChI is InChI=1S/C10H19ClN2O2/c1-8(2)13-10(15)7-12-9(14)5-3-4-6-11/h8H,3-7H2,1-2H3,(H,12,14)(H,13,15). The van der Waals surface area contributed by atoms with Crippen molar-refractivity contribution in [3.05, 3.63) is 0 Å². The molecular weight excluding hydrogens is 216 g/mol. The smallest absolute Gasteiger partial charge is 0.239 e. The van der Waals surface area contributed by atoms with Crippen molar-refractivity contribution in [2.45, 2.75) is 39.2 Å². The molecule has 0 atom stereocenters. The van der Waals surface area contributed by atoms with Crippen LogP contribution in [0.2, 0.25) is 0 Å². The largest absolute Gasteiger partial charge is 0.352 e. The van der Waals surface area contributed by atoms with Crippen molar-refractivity contribution < 1.29 is 9.59 Å². The van der Waals surface area contributed by atoms with E-state index in [0.717, 1.165) is 12.8 Å². The number of carbonyl (C=O) groups is 2. The molecule has 15 heavy (non-hydrogen) atoms. The lowest BCUT2D eigenvalue weighted by Gasteiger charge is -2.08. The first-order chi connectivity index (χ1) is 7.06. The molecule has 0 aliphatic heterocycles. The molecule has 0 fully saturated rings. The molecule has 5 heteroatoms. The highest BCUT2D eigenvalue weighted by Gasteiger charge is 2.05. The maximum Gasteiger partial charge on any atom is 0.239 e. The average Bonchev–Trinajstić information content (AvgIpc) is 2.14. The Morgan fingerprint density at radius 2 is 1.87 bits per heavy atom. The highest BCUT2D eigenvalue weighted by Crippen LogP contribution is 1.96. The molecule has 0 aromatic carbocycles. The zero-order valence-corrected chi connectivity index (χ0v) is 10.1. The van der Waals surface area contributed by atoms with Crippen LogP contribution in [0.5, 0.6) is 0 Å². The fraction of sp³-hybridized carbons (Fsp3) is 0.800. The van der Waals surface area contributed by atoms with Gasteiger partial charge in [0.05, 0.1) is 6.54 Å². The predicted molar refractivity (Wildman–Crippen MR) is 60.9 cm³/mol.